The maximum atomic E-state index is 11.7. The minimum atomic E-state index is -5.83. The molecule has 0 spiro atoms. The van der Waals surface area contributed by atoms with E-state index in [0.29, 0.717) is 38.6 Å². The first-order chi connectivity index (χ1) is 19.1. The molecule has 0 aromatic rings. The Morgan fingerprint density at radius 2 is 1.23 bits per heavy atom. The van der Waals surface area contributed by atoms with Crippen molar-refractivity contribution < 1.29 is 137 Å². The predicted molar refractivity (Wildman–Crippen MR) is 136 cm³/mol. The van der Waals surface area contributed by atoms with Crippen molar-refractivity contribution in [3.8, 4) is 0 Å². The number of aliphatic imine (C=N–C) groups is 1. The van der Waals surface area contributed by atoms with E-state index in [9.17, 15) is 34.5 Å². The number of carbonyl (C=O) groups excluding carboxylic acids is 2. The van der Waals surface area contributed by atoms with Crippen LogP contribution < -0.4 is 78.9 Å². The molecule has 0 saturated heterocycles. The van der Waals surface area contributed by atoms with E-state index in [1.54, 1.807) is 6.92 Å². The second kappa shape index (κ2) is 26.8. The van der Waals surface area contributed by atoms with Crippen LogP contribution in [0.15, 0.2) is 17.1 Å². The van der Waals surface area contributed by atoms with Gasteiger partial charge in [-0.05, 0) is 19.2 Å². The summed E-state index contributed by atoms with van der Waals surface area (Å²) < 4.78 is 31.1. The third kappa shape index (κ3) is 23.7. The van der Waals surface area contributed by atoms with Gasteiger partial charge in [-0.2, -0.15) is 0 Å². The van der Waals surface area contributed by atoms with Crippen molar-refractivity contribution in [2.24, 2.45) is 4.99 Å². The molecule has 0 aliphatic heterocycles. The number of hydrogen-bond acceptors (Lipinski definition) is 17. The minimum absolute atomic E-state index is 0. The van der Waals surface area contributed by atoms with Gasteiger partial charge >= 0.3 is 78.1 Å². The van der Waals surface area contributed by atoms with Gasteiger partial charge in [-0.3, -0.25) is 9.69 Å². The Balaban J connectivity index is -0.00000800. The van der Waals surface area contributed by atoms with Crippen LogP contribution in [0.4, 0.5) is 0 Å². The first-order valence-corrected chi connectivity index (χ1v) is 15.6. The zero-order valence-electron chi connectivity index (χ0n) is 24.8. The zero-order chi connectivity index (χ0) is 31.4. The number of carbonyl (C=O) groups is 2. The van der Waals surface area contributed by atoms with E-state index >= 15 is 0 Å². The number of esters is 1. The van der Waals surface area contributed by atoms with Crippen LogP contribution in [0.2, 0.25) is 0 Å². The Hall–Kier alpha value is 0.730. The molecule has 43 heavy (non-hydrogen) atoms. The first kappa shape index (κ1) is 48.1. The summed E-state index contributed by atoms with van der Waals surface area (Å²) in [5, 5.41) is 17.7. The molecule has 21 heteroatoms. The molecule has 1 atom stereocenters. The van der Waals surface area contributed by atoms with E-state index < -0.39 is 64.4 Å². The molecule has 0 heterocycles. The number of Topliss-reactive ketones (excluding diaryl/α,β-unsaturated/α-hetero) is 1. The predicted octanol–water partition coefficient (Wildman–Crippen LogP) is -10.1. The van der Waals surface area contributed by atoms with E-state index in [2.05, 4.69) is 11.6 Å². The average Bonchev–Trinajstić information content (AvgIpc) is 2.86. The van der Waals surface area contributed by atoms with E-state index in [1.165, 1.54) is 0 Å². The number of hydrogen-bond donors (Lipinski definition) is 4. The van der Waals surface area contributed by atoms with Gasteiger partial charge in [-0.15, -0.1) is 0 Å². The molecule has 0 aromatic carbocycles. The Morgan fingerprint density at radius 3 is 1.63 bits per heavy atom. The second-order valence-electron chi connectivity index (χ2n) is 8.35. The van der Waals surface area contributed by atoms with Crippen LogP contribution >= 0.6 is 15.9 Å². The number of aliphatic hydroxyl groups is 1. The van der Waals surface area contributed by atoms with Crippen molar-refractivity contribution in [3.05, 3.63) is 12.2 Å². The molecule has 0 aliphatic carbocycles. The molecule has 0 aliphatic rings. The zero-order valence-corrected chi connectivity index (χ0v) is 30.6. The second-order valence-corrected chi connectivity index (χ2v) is 12.3. The normalized spacial score (nSPS) is 13.4. The average molecular weight is 681 g/mol. The summed E-state index contributed by atoms with van der Waals surface area (Å²) in [6.45, 7) is 6.79. The molecule has 4 N–H and O–H groups in total. The first-order valence-electron chi connectivity index (χ1n) is 12.4. The minimum Gasteiger partial charge on any atom is -0.862 e. The summed E-state index contributed by atoms with van der Waals surface area (Å²) in [6.07, 6.45) is -2.15. The summed E-state index contributed by atoms with van der Waals surface area (Å²) in [5.74, 6) is -1.93. The molecule has 0 radical (unpaired) electrons. The Morgan fingerprint density at radius 1 is 0.814 bits per heavy atom. The molecule has 240 valence electrons. The number of ether oxygens (including phenoxy) is 6. The van der Waals surface area contributed by atoms with Crippen LogP contribution in [-0.4, -0.2) is 122 Å². The van der Waals surface area contributed by atoms with Crippen molar-refractivity contribution in [2.75, 3.05) is 79.2 Å². The summed E-state index contributed by atoms with van der Waals surface area (Å²) in [5.41, 5.74) is 0.323. The van der Waals surface area contributed by atoms with Crippen molar-refractivity contribution in [2.45, 2.75) is 31.3 Å². The van der Waals surface area contributed by atoms with Gasteiger partial charge in [0.1, 0.15) is 21.2 Å². The van der Waals surface area contributed by atoms with E-state index in [0.717, 1.165) is 0 Å². The smallest absolute Gasteiger partial charge is 0.862 e. The molecule has 0 rings (SSSR count). The summed E-state index contributed by atoms with van der Waals surface area (Å²) in [7, 11) is -11.5. The summed E-state index contributed by atoms with van der Waals surface area (Å²) >= 11 is 0. The van der Waals surface area contributed by atoms with Crippen LogP contribution in [0.1, 0.15) is 26.2 Å². The molecule has 17 nitrogen and oxygen atoms in total. The number of ketones is 1. The van der Waals surface area contributed by atoms with Gasteiger partial charge < -0.3 is 58.3 Å². The summed E-state index contributed by atoms with van der Waals surface area (Å²) in [4.78, 5) is 86.7. The SMILES string of the molecule is C=C(C)C(=O)OCCOCCOCCOCCOCCOCC(=O)CC([O-])=NCCCC(O)([P+]([O-])([O-])O)[P+]([O-])(O)O.[Na+].[Na+]. The standard InChI is InChI=1S/C22H41NO16P2.2Na/c1-18(2)21(26)39-15-14-37-11-10-35-7-6-34-8-9-36-12-13-38-17-19(24)16-20(25)23-5-3-4-22(27,40(28,29)30)41(31,32)33;;/h27H,1,3-17H2,2H3,(H,23,25)(H2,28,29,30)(H2,31,32,33);;/q;2*+1/p-2. The monoisotopic (exact) mass is 681 g/mol. The molecule has 0 saturated carbocycles. The van der Waals surface area contributed by atoms with Crippen LogP contribution in [0.3, 0.4) is 0 Å². The molecule has 0 bridgehead atoms. The van der Waals surface area contributed by atoms with E-state index in [-0.39, 0.29) is 98.8 Å². The molecular formula is C22H39NNa2O16P2. The fraction of sp³-hybridized carbons (Fsp3) is 0.773. The third-order valence-electron chi connectivity index (χ3n) is 4.79. The van der Waals surface area contributed by atoms with Gasteiger partial charge in [0.2, 0.25) is 0 Å². The third-order valence-corrected chi connectivity index (χ3v) is 8.61. The van der Waals surface area contributed by atoms with Gasteiger partial charge in [0, 0.05) is 18.5 Å². The van der Waals surface area contributed by atoms with Gasteiger partial charge in [0.05, 0.1) is 65.9 Å². The largest absolute Gasteiger partial charge is 1.00 e. The van der Waals surface area contributed by atoms with E-state index in [4.69, 9.17) is 43.1 Å². The Labute approximate surface area is 295 Å². The van der Waals surface area contributed by atoms with Crippen LogP contribution in [0.25, 0.3) is 0 Å². The van der Waals surface area contributed by atoms with E-state index in [1.807, 2.05) is 0 Å². The fourth-order valence-corrected chi connectivity index (χ4v) is 4.84. The Kier molecular flexibility index (Phi) is 30.0. The molecule has 0 fully saturated rings. The van der Waals surface area contributed by atoms with Crippen molar-refractivity contribution in [3.63, 3.8) is 0 Å². The van der Waals surface area contributed by atoms with Crippen molar-refractivity contribution >= 4 is 33.5 Å². The van der Waals surface area contributed by atoms with Crippen molar-refractivity contribution in [1.82, 2.24) is 0 Å². The van der Waals surface area contributed by atoms with Crippen LogP contribution in [0.5, 0.6) is 0 Å². The van der Waals surface area contributed by atoms with Gasteiger partial charge in [0.15, 0.2) is 5.78 Å². The van der Waals surface area contributed by atoms with Gasteiger partial charge in [-0.1, -0.05) is 6.58 Å². The molecular weight excluding hydrogens is 642 g/mol. The quantitative estimate of drug-likeness (QED) is 0.0125. The fourth-order valence-electron chi connectivity index (χ4n) is 2.63. The molecule has 1 unspecified atom stereocenters. The van der Waals surface area contributed by atoms with Crippen molar-refractivity contribution in [1.29, 1.82) is 0 Å². The molecule has 0 aromatic heterocycles. The van der Waals surface area contributed by atoms with Gasteiger partial charge in [-0.25, -0.2) is 14.6 Å². The van der Waals surface area contributed by atoms with Crippen LogP contribution in [-0.2, 0) is 38.0 Å². The van der Waals surface area contributed by atoms with Crippen LogP contribution in [0, 0.1) is 0 Å². The van der Waals surface area contributed by atoms with Gasteiger partial charge in [0.25, 0.3) is 0 Å². The Bertz CT molecular complexity index is 797. The number of rotatable bonds is 26. The topological polar surface area (TPSA) is 275 Å². The maximum Gasteiger partial charge on any atom is 1.00 e. The number of nitrogens with zero attached hydrogens (tertiary/aromatic N) is 1. The maximum absolute atomic E-state index is 11.7. The molecule has 0 amide bonds. The summed E-state index contributed by atoms with van der Waals surface area (Å²) in [6, 6.07) is 0.